The number of nitro groups is 1. The first-order valence-electron chi connectivity index (χ1n) is 5.66. The Kier molecular flexibility index (Phi) is 3.94. The summed E-state index contributed by atoms with van der Waals surface area (Å²) in [5.41, 5.74) is -0.851. The van der Waals surface area contributed by atoms with E-state index in [-0.39, 0.29) is 16.8 Å². The lowest BCUT2D eigenvalue weighted by molar-refractivity contribution is -0.386. The lowest BCUT2D eigenvalue weighted by atomic mass is 10.2. The molecule has 2 aromatic heterocycles. The topological polar surface area (TPSA) is 116 Å². The van der Waals surface area contributed by atoms with Crippen molar-refractivity contribution in [3.05, 3.63) is 60.4 Å². The Bertz CT molecular complexity index is 792. The third-order valence-corrected chi connectivity index (χ3v) is 3.28. The maximum absolute atomic E-state index is 11.6. The van der Waals surface area contributed by atoms with Gasteiger partial charge in [0.2, 0.25) is 5.76 Å². The summed E-state index contributed by atoms with van der Waals surface area (Å²) in [5, 5.41) is 19.7. The zero-order chi connectivity index (χ0) is 15.7. The van der Waals surface area contributed by atoms with Crippen LogP contribution in [0.4, 0.5) is 5.69 Å². The average Bonchev–Trinajstić information content (AvgIpc) is 2.74. The maximum atomic E-state index is 11.6. The Morgan fingerprint density at radius 1 is 1.52 bits per heavy atom. The Morgan fingerprint density at radius 2 is 2.19 bits per heavy atom. The Labute approximate surface area is 125 Å². The molecule has 2 heterocycles. The van der Waals surface area contributed by atoms with E-state index in [1.165, 1.54) is 16.8 Å². The van der Waals surface area contributed by atoms with Crippen molar-refractivity contribution in [1.82, 2.24) is 4.57 Å². The van der Waals surface area contributed by atoms with Crippen molar-refractivity contribution in [1.29, 1.82) is 0 Å². The van der Waals surface area contributed by atoms with E-state index in [4.69, 9.17) is 9.52 Å². The van der Waals surface area contributed by atoms with E-state index < -0.39 is 22.0 Å². The number of rotatable bonds is 4. The zero-order valence-electron chi connectivity index (χ0n) is 10.7. The number of hydrogen-bond donors (Lipinski definition) is 1. The molecule has 2 rings (SSSR count). The molecule has 1 N–H and O–H groups in total. The molecular weight excluding hydrogens is 348 g/mol. The van der Waals surface area contributed by atoms with E-state index in [1.54, 1.807) is 6.92 Å². The van der Waals surface area contributed by atoms with Gasteiger partial charge < -0.3 is 14.1 Å². The number of carboxylic acids is 1. The van der Waals surface area contributed by atoms with Gasteiger partial charge in [0.1, 0.15) is 5.76 Å². The first-order chi connectivity index (χ1) is 9.79. The largest absolute Gasteiger partial charge is 0.475 e. The number of hydrogen-bond acceptors (Lipinski definition) is 5. The van der Waals surface area contributed by atoms with Gasteiger partial charge in [-0.2, -0.15) is 0 Å². The van der Waals surface area contributed by atoms with Gasteiger partial charge in [-0.15, -0.1) is 0 Å². The van der Waals surface area contributed by atoms with Gasteiger partial charge in [0.15, 0.2) is 0 Å². The van der Waals surface area contributed by atoms with Crippen molar-refractivity contribution in [3.63, 3.8) is 0 Å². The lowest BCUT2D eigenvalue weighted by Crippen LogP contribution is -2.13. The SMILES string of the molecule is Cc1cc(Cn2cc(Br)c(=O)c([N+](=O)[O-])c2)oc1C(=O)O. The van der Waals surface area contributed by atoms with Gasteiger partial charge in [-0.1, -0.05) is 0 Å². The second-order valence-corrected chi connectivity index (χ2v) is 5.13. The van der Waals surface area contributed by atoms with Crippen molar-refractivity contribution < 1.29 is 19.2 Å². The molecule has 0 aliphatic rings. The van der Waals surface area contributed by atoms with Crippen molar-refractivity contribution in [3.8, 4) is 0 Å². The van der Waals surface area contributed by atoms with Crippen LogP contribution in [0.3, 0.4) is 0 Å². The predicted octanol–water partition coefficient (Wildman–Crippen LogP) is 2.17. The van der Waals surface area contributed by atoms with Crippen molar-refractivity contribution in [2.75, 3.05) is 0 Å². The molecule has 0 aliphatic carbocycles. The average molecular weight is 357 g/mol. The molecule has 9 heteroatoms. The fourth-order valence-electron chi connectivity index (χ4n) is 1.82. The third kappa shape index (κ3) is 3.02. The molecule has 8 nitrogen and oxygen atoms in total. The van der Waals surface area contributed by atoms with Crippen LogP contribution in [-0.4, -0.2) is 20.6 Å². The molecular formula is C12H9BrN2O6. The van der Waals surface area contributed by atoms with Crippen molar-refractivity contribution in [2.45, 2.75) is 13.5 Å². The third-order valence-electron chi connectivity index (χ3n) is 2.71. The molecule has 0 spiro atoms. The van der Waals surface area contributed by atoms with Crippen LogP contribution in [0.1, 0.15) is 21.9 Å². The quantitative estimate of drug-likeness (QED) is 0.662. The fraction of sp³-hybridized carbons (Fsp3) is 0.167. The smallest absolute Gasteiger partial charge is 0.372 e. The van der Waals surface area contributed by atoms with Crippen LogP contribution in [-0.2, 0) is 6.54 Å². The van der Waals surface area contributed by atoms with Crippen molar-refractivity contribution in [2.24, 2.45) is 0 Å². The molecule has 0 fully saturated rings. The normalized spacial score (nSPS) is 10.6. The summed E-state index contributed by atoms with van der Waals surface area (Å²) in [5.74, 6) is -1.06. The Morgan fingerprint density at radius 3 is 2.71 bits per heavy atom. The number of halogens is 1. The van der Waals surface area contributed by atoms with E-state index in [0.717, 1.165) is 6.20 Å². The van der Waals surface area contributed by atoms with Gasteiger partial charge >= 0.3 is 11.7 Å². The summed E-state index contributed by atoms with van der Waals surface area (Å²) in [4.78, 5) is 32.5. The lowest BCUT2D eigenvalue weighted by Gasteiger charge is -2.04. The highest BCUT2D eigenvalue weighted by Gasteiger charge is 2.18. The van der Waals surface area contributed by atoms with E-state index in [1.807, 2.05) is 0 Å². The summed E-state index contributed by atoms with van der Waals surface area (Å²) in [7, 11) is 0. The molecule has 0 amide bonds. The van der Waals surface area contributed by atoms with Crippen LogP contribution >= 0.6 is 15.9 Å². The number of aromatic carboxylic acids is 1. The zero-order valence-corrected chi connectivity index (χ0v) is 12.3. The van der Waals surface area contributed by atoms with E-state index in [2.05, 4.69) is 15.9 Å². The van der Waals surface area contributed by atoms with Crippen LogP contribution in [0, 0.1) is 17.0 Å². The molecule has 110 valence electrons. The molecule has 0 aliphatic heterocycles. The highest BCUT2D eigenvalue weighted by molar-refractivity contribution is 9.10. The number of nitrogens with zero attached hydrogens (tertiary/aromatic N) is 2. The molecule has 2 aromatic rings. The minimum atomic E-state index is -1.19. The minimum Gasteiger partial charge on any atom is -0.475 e. The number of carbonyl (C=O) groups is 1. The summed E-state index contributed by atoms with van der Waals surface area (Å²) in [6, 6.07) is 1.53. The second-order valence-electron chi connectivity index (χ2n) is 4.28. The molecule has 0 unspecified atom stereocenters. The summed E-state index contributed by atoms with van der Waals surface area (Å²) in [6.45, 7) is 1.65. The molecule has 0 saturated heterocycles. The monoisotopic (exact) mass is 356 g/mol. The summed E-state index contributed by atoms with van der Waals surface area (Å²) < 4.78 is 6.58. The number of aryl methyl sites for hydroxylation is 1. The van der Waals surface area contributed by atoms with E-state index >= 15 is 0 Å². The van der Waals surface area contributed by atoms with Gasteiger partial charge in [-0.3, -0.25) is 14.9 Å². The van der Waals surface area contributed by atoms with Crippen LogP contribution in [0.15, 0.2) is 32.1 Å². The first-order valence-corrected chi connectivity index (χ1v) is 6.45. The van der Waals surface area contributed by atoms with Gasteiger partial charge in [-0.25, -0.2) is 4.79 Å². The van der Waals surface area contributed by atoms with Crippen LogP contribution in [0.5, 0.6) is 0 Å². The van der Waals surface area contributed by atoms with Crippen LogP contribution < -0.4 is 5.43 Å². The van der Waals surface area contributed by atoms with Crippen LogP contribution in [0.25, 0.3) is 0 Å². The standard InChI is InChI=1S/C12H9BrN2O6/c1-6-2-7(21-11(6)12(17)18)3-14-4-8(13)10(16)9(5-14)15(19)20/h2,4-5H,3H2,1H3,(H,17,18). The molecule has 0 bridgehead atoms. The predicted molar refractivity (Wildman–Crippen MR) is 74.6 cm³/mol. The molecule has 21 heavy (non-hydrogen) atoms. The molecule has 0 aromatic carbocycles. The van der Waals surface area contributed by atoms with E-state index in [0.29, 0.717) is 11.3 Å². The minimum absolute atomic E-state index is 0.0402. The highest BCUT2D eigenvalue weighted by atomic mass is 79.9. The Hall–Kier alpha value is -2.42. The molecule has 0 radical (unpaired) electrons. The van der Waals surface area contributed by atoms with Gasteiger partial charge in [0.25, 0.3) is 5.43 Å². The van der Waals surface area contributed by atoms with Gasteiger partial charge in [0.05, 0.1) is 22.1 Å². The van der Waals surface area contributed by atoms with Crippen LogP contribution in [0.2, 0.25) is 0 Å². The first kappa shape index (κ1) is 15.0. The number of aromatic nitrogens is 1. The van der Waals surface area contributed by atoms with Crippen molar-refractivity contribution >= 4 is 27.6 Å². The Balaban J connectivity index is 2.40. The number of pyridine rings is 1. The number of furan rings is 1. The second kappa shape index (κ2) is 5.52. The fourth-order valence-corrected chi connectivity index (χ4v) is 2.29. The summed E-state index contributed by atoms with van der Waals surface area (Å²) in [6.07, 6.45) is 2.44. The van der Waals surface area contributed by atoms with E-state index in [9.17, 15) is 19.7 Å². The molecule has 0 saturated carbocycles. The summed E-state index contributed by atoms with van der Waals surface area (Å²) >= 11 is 2.96. The molecule has 0 atom stereocenters. The van der Waals surface area contributed by atoms with Gasteiger partial charge in [-0.05, 0) is 28.9 Å². The van der Waals surface area contributed by atoms with Gasteiger partial charge in [0, 0.05) is 11.8 Å². The maximum Gasteiger partial charge on any atom is 0.372 e. The number of carboxylic acid groups (broad SMARTS) is 1. The highest BCUT2D eigenvalue weighted by Crippen LogP contribution is 2.17.